The van der Waals surface area contributed by atoms with Crippen molar-refractivity contribution in [2.75, 3.05) is 0 Å². The van der Waals surface area contributed by atoms with E-state index in [1.54, 1.807) is 77.0 Å². The Morgan fingerprint density at radius 2 is 0.500 bits per heavy atom. The highest BCUT2D eigenvalue weighted by Crippen LogP contribution is 2.88. The summed E-state index contributed by atoms with van der Waals surface area (Å²) in [4.78, 5) is 0. The van der Waals surface area contributed by atoms with E-state index in [0.717, 1.165) is 35.5 Å². The fourth-order valence-electron chi connectivity index (χ4n) is 20.5. The third-order valence-electron chi connectivity index (χ3n) is 19.4. The van der Waals surface area contributed by atoms with Crippen LogP contribution >= 0.6 is 63.7 Å². The number of rotatable bonds is 3. The van der Waals surface area contributed by atoms with Crippen LogP contribution in [0, 0.1) is 68.0 Å². The van der Waals surface area contributed by atoms with Gasteiger partial charge in [0.15, 0.2) is 0 Å². The fraction of sp³-hybridized carbons (Fsp3) is 1.00. The van der Waals surface area contributed by atoms with Gasteiger partial charge in [-0.25, -0.2) is 0 Å². The Labute approximate surface area is 300 Å². The monoisotopic (exact) mass is 850 g/mol. The summed E-state index contributed by atoms with van der Waals surface area (Å²) in [6.07, 6.45) is 37.4. The highest BCUT2D eigenvalue weighted by molar-refractivity contribution is 9.10. The van der Waals surface area contributed by atoms with Crippen LogP contribution in [0.1, 0.15) is 154 Å². The number of halogens is 4. The number of hydrogen-bond donors (Lipinski definition) is 0. The normalized spacial score (nSPS) is 71.7. The molecule has 0 aromatic carbocycles. The van der Waals surface area contributed by atoms with Crippen LogP contribution in [0.3, 0.4) is 0 Å². The summed E-state index contributed by atoms with van der Waals surface area (Å²) in [7, 11) is 0. The van der Waals surface area contributed by atoms with Gasteiger partial charge < -0.3 is 0 Å². The second-order valence-electron chi connectivity index (χ2n) is 22.2. The van der Waals surface area contributed by atoms with E-state index < -0.39 is 0 Å². The van der Waals surface area contributed by atoms with E-state index in [2.05, 4.69) is 31.9 Å². The molecule has 242 valence electrons. The van der Waals surface area contributed by atoms with E-state index in [0.29, 0.717) is 49.8 Å². The van der Waals surface area contributed by atoms with Crippen molar-refractivity contribution in [3.8, 4) is 0 Å². The Morgan fingerprint density at radius 3 is 0.795 bits per heavy atom. The molecule has 0 nitrogen and oxygen atoms in total. The summed E-state index contributed by atoms with van der Waals surface area (Å²) in [5, 5.41) is 0. The Bertz CT molecular complexity index is 1240. The fourth-order valence-corrected chi connectivity index (χ4v) is 26.5. The van der Waals surface area contributed by atoms with Crippen LogP contribution in [0.25, 0.3) is 0 Å². The molecule has 44 heavy (non-hydrogen) atoms. The van der Waals surface area contributed by atoms with Gasteiger partial charge in [0.1, 0.15) is 0 Å². The zero-order valence-corrected chi connectivity index (χ0v) is 33.3. The summed E-state index contributed by atoms with van der Waals surface area (Å²) in [6.45, 7) is 0. The molecule has 0 aromatic heterocycles. The molecule has 16 aliphatic carbocycles. The van der Waals surface area contributed by atoms with Gasteiger partial charge in [0.25, 0.3) is 0 Å². The maximum absolute atomic E-state index is 4.74. The minimum atomic E-state index is 0.436. The standard InChI is InChI=1S/C40H54Br4/c41-37-11-25-1-26(12-37)4-31(3-25,19-37)33-7-29-9-35(17-33,23-39(43,15-29)21-33)36-10-30-8-34(18-36,22-40(44,16-30)24-36)32-5-27-2-28(6-32)14-38(42,13-27)20-32/h25-30H,1-24H2/t25-,26+,27-,28+,29-,30+,31?,32?,33-,34+,35+,36-,37?,38?,39-,40+. The Hall–Kier alpha value is 1.92. The number of alkyl halides is 4. The first kappa shape index (κ1) is 28.6. The lowest BCUT2D eigenvalue weighted by molar-refractivity contribution is -0.283. The van der Waals surface area contributed by atoms with Crippen molar-refractivity contribution in [1.29, 1.82) is 0 Å². The van der Waals surface area contributed by atoms with Gasteiger partial charge in [0.05, 0.1) is 0 Å². The molecule has 0 radical (unpaired) electrons. The van der Waals surface area contributed by atoms with E-state index in [9.17, 15) is 0 Å². The molecule has 0 aromatic rings. The molecule has 16 aliphatic rings. The maximum Gasteiger partial charge on any atom is 0.0271 e. The average molecular weight is 854 g/mol. The van der Waals surface area contributed by atoms with Gasteiger partial charge in [-0.15, -0.1) is 0 Å². The second-order valence-corrected chi connectivity index (χ2v) is 29.0. The molecule has 4 heteroatoms. The molecular weight excluding hydrogens is 800 g/mol. The van der Waals surface area contributed by atoms with E-state index in [1.165, 1.54) is 77.0 Å². The third-order valence-corrected chi connectivity index (χ3v) is 23.0. The van der Waals surface area contributed by atoms with Crippen molar-refractivity contribution in [1.82, 2.24) is 0 Å². The van der Waals surface area contributed by atoms with Gasteiger partial charge in [-0.05, 0) is 222 Å². The zero-order valence-electron chi connectivity index (χ0n) is 26.9. The molecule has 4 unspecified atom stereocenters. The molecule has 0 spiro atoms. The predicted octanol–water partition coefficient (Wildman–Crippen LogP) is 12.7. The first-order valence-corrected chi connectivity index (χ1v) is 22.6. The van der Waals surface area contributed by atoms with Crippen molar-refractivity contribution >= 4 is 63.7 Å². The van der Waals surface area contributed by atoms with E-state index in [1.807, 2.05) is 0 Å². The molecule has 16 fully saturated rings. The van der Waals surface area contributed by atoms with Crippen LogP contribution in [0.5, 0.6) is 0 Å². The third kappa shape index (κ3) is 3.37. The molecule has 16 bridgehead atoms. The predicted molar refractivity (Wildman–Crippen MR) is 193 cm³/mol. The topological polar surface area (TPSA) is 0 Å². The largest absolute Gasteiger partial charge is 0.0853 e. The molecular formula is C40H54Br4. The van der Waals surface area contributed by atoms with E-state index >= 15 is 0 Å². The average Bonchev–Trinajstić information content (AvgIpc) is 2.83. The molecule has 16 rings (SSSR count). The van der Waals surface area contributed by atoms with Crippen LogP contribution in [0.4, 0.5) is 0 Å². The highest BCUT2D eigenvalue weighted by atomic mass is 79.9. The molecule has 16 atom stereocenters. The molecule has 0 saturated heterocycles. The minimum Gasteiger partial charge on any atom is -0.0853 e. The Kier molecular flexibility index (Phi) is 5.22. The lowest BCUT2D eigenvalue weighted by Gasteiger charge is -2.81. The maximum atomic E-state index is 4.74. The van der Waals surface area contributed by atoms with Crippen LogP contribution in [-0.4, -0.2) is 17.3 Å². The first-order chi connectivity index (χ1) is 20.7. The quantitative estimate of drug-likeness (QED) is 0.248. The summed E-state index contributed by atoms with van der Waals surface area (Å²) in [5.41, 5.74) is 3.69. The lowest BCUT2D eigenvalue weighted by atomic mass is 9.25. The summed E-state index contributed by atoms with van der Waals surface area (Å²) in [6, 6.07) is 0. The van der Waals surface area contributed by atoms with Gasteiger partial charge in [0, 0.05) is 17.3 Å². The van der Waals surface area contributed by atoms with Crippen LogP contribution in [-0.2, 0) is 0 Å². The zero-order chi connectivity index (χ0) is 29.4. The molecule has 0 amide bonds. The van der Waals surface area contributed by atoms with E-state index in [-0.39, 0.29) is 0 Å². The minimum absolute atomic E-state index is 0.436. The molecule has 16 saturated carbocycles. The van der Waals surface area contributed by atoms with Crippen LogP contribution in [0.2, 0.25) is 0 Å². The lowest BCUT2D eigenvalue weighted by Crippen LogP contribution is -2.74. The molecule has 0 N–H and O–H groups in total. The molecule has 0 heterocycles. The Balaban J connectivity index is 0.996. The van der Waals surface area contributed by atoms with Crippen LogP contribution in [0.15, 0.2) is 0 Å². The Morgan fingerprint density at radius 1 is 0.250 bits per heavy atom. The van der Waals surface area contributed by atoms with E-state index in [4.69, 9.17) is 31.9 Å². The van der Waals surface area contributed by atoms with Gasteiger partial charge in [-0.3, -0.25) is 0 Å². The summed E-state index contributed by atoms with van der Waals surface area (Å²) >= 11 is 18.5. The van der Waals surface area contributed by atoms with Gasteiger partial charge in [-0.1, -0.05) is 63.7 Å². The molecule has 0 aliphatic heterocycles. The summed E-state index contributed by atoms with van der Waals surface area (Å²) < 4.78 is 1.85. The van der Waals surface area contributed by atoms with Gasteiger partial charge >= 0.3 is 0 Å². The smallest absolute Gasteiger partial charge is 0.0271 e. The van der Waals surface area contributed by atoms with Gasteiger partial charge in [-0.2, -0.15) is 0 Å². The van der Waals surface area contributed by atoms with Crippen LogP contribution < -0.4 is 0 Å². The number of hydrogen-bond acceptors (Lipinski definition) is 0. The van der Waals surface area contributed by atoms with Crippen molar-refractivity contribution in [2.45, 2.75) is 171 Å². The van der Waals surface area contributed by atoms with Gasteiger partial charge in [0.2, 0.25) is 0 Å². The van der Waals surface area contributed by atoms with Crippen molar-refractivity contribution in [2.24, 2.45) is 68.0 Å². The SMILES string of the molecule is BrC12C[C@H]3C[C@@H](C1)CC([C@@]14C[C@H]5C[C@@](Br)(C1)C[C@]([C@]16C[C@H]7C[C@](Br)(C[C@](C89C[C@@H]%10C[C@@H](CC(Br)(C%10)C8)C9)(C7)C1)C6)(C5)C4)(C3)C2. The van der Waals surface area contributed by atoms with Crippen molar-refractivity contribution in [3.05, 3.63) is 0 Å². The van der Waals surface area contributed by atoms with Crippen molar-refractivity contribution < 1.29 is 0 Å². The highest BCUT2D eigenvalue weighted by Gasteiger charge is 2.79. The van der Waals surface area contributed by atoms with Crippen molar-refractivity contribution in [3.63, 3.8) is 0 Å². The first-order valence-electron chi connectivity index (χ1n) is 19.5. The second kappa shape index (κ2) is 8.02. The summed E-state index contributed by atoms with van der Waals surface area (Å²) in [5.74, 6) is 6.06.